The summed E-state index contributed by atoms with van der Waals surface area (Å²) in [6, 6.07) is 6.37. The molecule has 0 spiro atoms. The van der Waals surface area contributed by atoms with E-state index in [1.807, 2.05) is 4.90 Å². The molecule has 1 aromatic carbocycles. The molecule has 2 bridgehead atoms. The fourth-order valence-electron chi connectivity index (χ4n) is 4.54. The van der Waals surface area contributed by atoms with Crippen molar-refractivity contribution in [2.45, 2.75) is 49.1 Å². The molecule has 3 heterocycles. The zero-order valence-corrected chi connectivity index (χ0v) is 17.4. The Morgan fingerprint density at radius 3 is 2.39 bits per heavy atom. The number of hydrogen-bond donors (Lipinski definition) is 1. The molecule has 0 saturated carbocycles. The minimum Gasteiger partial charge on any atom is -0.341 e. The summed E-state index contributed by atoms with van der Waals surface area (Å²) in [4.78, 5) is 14.6. The van der Waals surface area contributed by atoms with E-state index in [0.717, 1.165) is 32.0 Å². The lowest BCUT2D eigenvalue weighted by Crippen LogP contribution is -2.46. The van der Waals surface area contributed by atoms with Gasteiger partial charge in [-0.15, -0.1) is 12.4 Å². The van der Waals surface area contributed by atoms with Crippen molar-refractivity contribution < 1.29 is 17.6 Å². The molecule has 156 valence electrons. The minimum absolute atomic E-state index is 0. The van der Waals surface area contributed by atoms with Crippen molar-refractivity contribution >= 4 is 28.3 Å². The van der Waals surface area contributed by atoms with E-state index in [9.17, 15) is 17.6 Å². The molecule has 4 rings (SSSR count). The summed E-state index contributed by atoms with van der Waals surface area (Å²) in [6.07, 6.45) is 4.28. The fourth-order valence-corrected chi connectivity index (χ4v) is 6.07. The number of nitrogens with zero attached hydrogens (tertiary/aromatic N) is 2. The number of fused-ring (bicyclic) bond motifs is 2. The van der Waals surface area contributed by atoms with Gasteiger partial charge in [-0.25, -0.2) is 12.8 Å². The third-order valence-electron chi connectivity index (χ3n) is 6.09. The lowest BCUT2D eigenvalue weighted by atomic mass is 9.95. The molecule has 2 atom stereocenters. The van der Waals surface area contributed by atoms with Crippen LogP contribution in [0.3, 0.4) is 0 Å². The number of hydrogen-bond acceptors (Lipinski definition) is 4. The highest BCUT2D eigenvalue weighted by atomic mass is 35.5. The molecule has 0 aliphatic carbocycles. The number of rotatable bonds is 3. The van der Waals surface area contributed by atoms with Gasteiger partial charge < -0.3 is 10.2 Å². The molecule has 0 radical (unpaired) electrons. The van der Waals surface area contributed by atoms with Crippen LogP contribution in [0.1, 0.15) is 32.1 Å². The van der Waals surface area contributed by atoms with Crippen LogP contribution in [0.2, 0.25) is 0 Å². The number of halogens is 2. The van der Waals surface area contributed by atoms with Crippen LogP contribution in [0, 0.1) is 11.7 Å². The topological polar surface area (TPSA) is 69.7 Å². The lowest BCUT2D eigenvalue weighted by molar-refractivity contribution is -0.137. The summed E-state index contributed by atoms with van der Waals surface area (Å²) >= 11 is 0. The van der Waals surface area contributed by atoms with E-state index in [1.54, 1.807) is 0 Å². The Kier molecular flexibility index (Phi) is 6.64. The number of amides is 1. The van der Waals surface area contributed by atoms with Crippen LogP contribution >= 0.6 is 12.4 Å². The van der Waals surface area contributed by atoms with Crippen LogP contribution in [0.4, 0.5) is 4.39 Å². The number of nitrogens with one attached hydrogen (secondary N) is 1. The van der Waals surface area contributed by atoms with E-state index in [4.69, 9.17) is 0 Å². The molecule has 1 amide bonds. The number of piperidine rings is 1. The van der Waals surface area contributed by atoms with Crippen molar-refractivity contribution in [1.82, 2.24) is 14.5 Å². The first-order valence-corrected chi connectivity index (χ1v) is 11.2. The Hall–Kier alpha value is -1.22. The first kappa shape index (κ1) is 21.5. The lowest BCUT2D eigenvalue weighted by Gasteiger charge is -2.34. The van der Waals surface area contributed by atoms with Gasteiger partial charge in [0.15, 0.2) is 0 Å². The zero-order valence-electron chi connectivity index (χ0n) is 15.7. The number of carbonyl (C=O) groups is 1. The van der Waals surface area contributed by atoms with Crippen molar-refractivity contribution in [3.05, 3.63) is 30.1 Å². The smallest absolute Gasteiger partial charge is 0.245 e. The summed E-state index contributed by atoms with van der Waals surface area (Å²) in [5, 5.41) is 3.57. The molecule has 0 aromatic heterocycles. The first-order valence-electron chi connectivity index (χ1n) is 9.74. The van der Waals surface area contributed by atoms with Crippen LogP contribution in [-0.4, -0.2) is 61.8 Å². The van der Waals surface area contributed by atoms with E-state index in [0.29, 0.717) is 24.9 Å². The van der Waals surface area contributed by atoms with E-state index in [-0.39, 0.29) is 42.2 Å². The molecule has 3 saturated heterocycles. The van der Waals surface area contributed by atoms with Gasteiger partial charge in [0.25, 0.3) is 0 Å². The Morgan fingerprint density at radius 1 is 1.00 bits per heavy atom. The highest BCUT2D eigenvalue weighted by molar-refractivity contribution is 7.89. The van der Waals surface area contributed by atoms with Gasteiger partial charge in [-0.1, -0.05) is 12.1 Å². The summed E-state index contributed by atoms with van der Waals surface area (Å²) < 4.78 is 40.6. The second kappa shape index (κ2) is 8.65. The van der Waals surface area contributed by atoms with E-state index < -0.39 is 15.8 Å². The molecule has 3 aliphatic heterocycles. The van der Waals surface area contributed by atoms with Gasteiger partial charge in [-0.3, -0.25) is 4.79 Å². The van der Waals surface area contributed by atoms with Gasteiger partial charge in [0.1, 0.15) is 10.7 Å². The molecule has 1 N–H and O–H groups in total. The van der Waals surface area contributed by atoms with Crippen molar-refractivity contribution in [3.8, 4) is 0 Å². The van der Waals surface area contributed by atoms with Crippen LogP contribution in [0.15, 0.2) is 29.2 Å². The normalized spacial score (nSPS) is 26.5. The predicted octanol–water partition coefficient (Wildman–Crippen LogP) is 2.00. The maximum atomic E-state index is 13.9. The summed E-state index contributed by atoms with van der Waals surface area (Å²) in [5.74, 6) is -0.733. The number of benzene rings is 1. The second-order valence-corrected chi connectivity index (χ2v) is 9.73. The molecular weight excluding hydrogens is 405 g/mol. The molecule has 2 unspecified atom stereocenters. The molecular formula is C19H27ClFN3O3S. The van der Waals surface area contributed by atoms with E-state index >= 15 is 0 Å². The molecule has 3 fully saturated rings. The van der Waals surface area contributed by atoms with Crippen LogP contribution in [0.25, 0.3) is 0 Å². The Morgan fingerprint density at radius 2 is 1.68 bits per heavy atom. The monoisotopic (exact) mass is 431 g/mol. The maximum Gasteiger partial charge on any atom is 0.245 e. The summed E-state index contributed by atoms with van der Waals surface area (Å²) in [7, 11) is -3.86. The number of carbonyl (C=O) groups excluding carboxylic acids is 1. The zero-order chi connectivity index (χ0) is 19.0. The SMILES string of the molecule is Cl.O=C(C1CCN(S(=O)(=O)c2ccccc2F)CC1)N1CCC2CCC(C1)N2. The average Bonchev–Trinajstić information content (AvgIpc) is 3.00. The minimum atomic E-state index is -3.86. The third-order valence-corrected chi connectivity index (χ3v) is 8.02. The highest BCUT2D eigenvalue weighted by Crippen LogP contribution is 2.28. The van der Waals surface area contributed by atoms with Gasteiger partial charge in [-0.2, -0.15) is 4.31 Å². The van der Waals surface area contributed by atoms with Crippen molar-refractivity contribution in [3.63, 3.8) is 0 Å². The largest absolute Gasteiger partial charge is 0.341 e. The molecule has 9 heteroatoms. The van der Waals surface area contributed by atoms with Crippen LogP contribution < -0.4 is 5.32 Å². The van der Waals surface area contributed by atoms with Crippen molar-refractivity contribution in [1.29, 1.82) is 0 Å². The summed E-state index contributed by atoms with van der Waals surface area (Å²) in [6.45, 7) is 2.04. The van der Waals surface area contributed by atoms with Crippen LogP contribution in [-0.2, 0) is 14.8 Å². The van der Waals surface area contributed by atoms with Crippen molar-refractivity contribution in [2.75, 3.05) is 26.2 Å². The molecule has 3 aliphatic rings. The van der Waals surface area contributed by atoms with E-state index in [2.05, 4.69) is 5.32 Å². The van der Waals surface area contributed by atoms with Gasteiger partial charge in [0, 0.05) is 44.2 Å². The fraction of sp³-hybridized carbons (Fsp3) is 0.632. The molecule has 6 nitrogen and oxygen atoms in total. The molecule has 28 heavy (non-hydrogen) atoms. The number of likely N-dealkylation sites (tertiary alicyclic amines) is 1. The Labute approximate surface area is 171 Å². The van der Waals surface area contributed by atoms with Gasteiger partial charge in [-0.05, 0) is 44.2 Å². The molecule has 1 aromatic rings. The van der Waals surface area contributed by atoms with Gasteiger partial charge in [0.05, 0.1) is 0 Å². The highest BCUT2D eigenvalue weighted by Gasteiger charge is 2.37. The van der Waals surface area contributed by atoms with Gasteiger partial charge in [0.2, 0.25) is 15.9 Å². The predicted molar refractivity (Wildman–Crippen MR) is 106 cm³/mol. The maximum absolute atomic E-state index is 13.9. The Balaban J connectivity index is 0.00000225. The third kappa shape index (κ3) is 4.20. The van der Waals surface area contributed by atoms with E-state index in [1.165, 1.54) is 28.9 Å². The van der Waals surface area contributed by atoms with Gasteiger partial charge >= 0.3 is 0 Å². The standard InChI is InChI=1S/C19H26FN3O3S.ClH/c20-17-3-1-2-4-18(17)27(25,26)23-11-7-14(8-12-23)19(24)22-10-9-15-5-6-16(13-22)21-15;/h1-4,14-16,21H,5-13H2;1H. The second-order valence-electron chi connectivity index (χ2n) is 7.82. The summed E-state index contributed by atoms with van der Waals surface area (Å²) in [5.41, 5.74) is 0. The number of sulfonamides is 1. The average molecular weight is 432 g/mol. The van der Waals surface area contributed by atoms with Crippen molar-refractivity contribution in [2.24, 2.45) is 5.92 Å². The first-order chi connectivity index (χ1) is 12.9. The quantitative estimate of drug-likeness (QED) is 0.794. The Bertz CT molecular complexity index is 814. The van der Waals surface area contributed by atoms with Crippen LogP contribution in [0.5, 0.6) is 0 Å².